The van der Waals surface area contributed by atoms with E-state index in [9.17, 15) is 4.79 Å². The molecule has 94 valence electrons. The van der Waals surface area contributed by atoms with Crippen molar-refractivity contribution < 1.29 is 4.79 Å². The Labute approximate surface area is 108 Å². The molecule has 17 heavy (non-hydrogen) atoms. The smallest absolute Gasteiger partial charge is 0.152 e. The molecule has 0 fully saturated rings. The van der Waals surface area contributed by atoms with Crippen LogP contribution in [-0.4, -0.2) is 45.4 Å². The van der Waals surface area contributed by atoms with Gasteiger partial charge in [-0.1, -0.05) is 11.6 Å². The zero-order chi connectivity index (χ0) is 12.8. The fraction of sp³-hybridized carbons (Fsp3) is 0.462. The molecule has 1 rings (SSSR count). The Kier molecular flexibility index (Phi) is 5.45. The van der Waals surface area contributed by atoms with Gasteiger partial charge in [0.2, 0.25) is 0 Å². The topological polar surface area (TPSA) is 23.6 Å². The van der Waals surface area contributed by atoms with E-state index in [0.717, 1.165) is 31.5 Å². The predicted octanol–water partition coefficient (Wildman–Crippen LogP) is 2.54. The van der Waals surface area contributed by atoms with Crippen LogP contribution in [0.15, 0.2) is 18.2 Å². The van der Waals surface area contributed by atoms with E-state index >= 15 is 0 Å². The normalized spacial score (nSPS) is 10.6. The average molecular weight is 255 g/mol. The summed E-state index contributed by atoms with van der Waals surface area (Å²) in [6.07, 6.45) is 1.91. The highest BCUT2D eigenvalue weighted by molar-refractivity contribution is 6.31. The first kappa shape index (κ1) is 14.0. The monoisotopic (exact) mass is 254 g/mol. The van der Waals surface area contributed by atoms with Gasteiger partial charge in [-0.05, 0) is 45.3 Å². The van der Waals surface area contributed by atoms with Crippen molar-refractivity contribution in [2.24, 2.45) is 0 Å². The standard InChI is InChI=1S/C13H19ClN2O/c1-15(2)7-4-8-16(3)13-6-5-12(14)9-11(13)10-17/h5-6,9-10H,4,7-8H2,1-3H3. The third-order valence-corrected chi connectivity index (χ3v) is 2.86. The van der Waals surface area contributed by atoms with Crippen LogP contribution >= 0.6 is 11.6 Å². The number of anilines is 1. The molecule has 0 saturated carbocycles. The summed E-state index contributed by atoms with van der Waals surface area (Å²) in [5, 5.41) is 0.595. The quantitative estimate of drug-likeness (QED) is 0.729. The maximum atomic E-state index is 11.0. The van der Waals surface area contributed by atoms with Crippen LogP contribution in [0.5, 0.6) is 0 Å². The minimum Gasteiger partial charge on any atom is -0.374 e. The van der Waals surface area contributed by atoms with Crippen molar-refractivity contribution in [1.29, 1.82) is 0 Å². The van der Waals surface area contributed by atoms with Crippen molar-refractivity contribution in [3.63, 3.8) is 0 Å². The summed E-state index contributed by atoms with van der Waals surface area (Å²) >= 11 is 5.86. The highest BCUT2D eigenvalue weighted by atomic mass is 35.5. The summed E-state index contributed by atoms with van der Waals surface area (Å²) in [6, 6.07) is 5.40. The van der Waals surface area contributed by atoms with E-state index in [4.69, 9.17) is 11.6 Å². The number of rotatable bonds is 6. The molecule has 1 aromatic rings. The molecule has 0 spiro atoms. The van der Waals surface area contributed by atoms with E-state index in [-0.39, 0.29) is 0 Å². The summed E-state index contributed by atoms with van der Waals surface area (Å²) in [4.78, 5) is 15.2. The first-order valence-corrected chi connectivity index (χ1v) is 6.03. The molecule has 0 bridgehead atoms. The zero-order valence-corrected chi connectivity index (χ0v) is 11.4. The van der Waals surface area contributed by atoms with E-state index in [1.807, 2.05) is 19.2 Å². The number of carbonyl (C=O) groups excluding carboxylic acids is 1. The minimum atomic E-state index is 0.595. The Morgan fingerprint density at radius 2 is 1.94 bits per heavy atom. The number of nitrogens with zero attached hydrogens (tertiary/aromatic N) is 2. The molecule has 0 aromatic heterocycles. The number of hydrogen-bond donors (Lipinski definition) is 0. The first-order valence-electron chi connectivity index (χ1n) is 5.65. The zero-order valence-electron chi connectivity index (χ0n) is 10.6. The van der Waals surface area contributed by atoms with Crippen LogP contribution in [0.3, 0.4) is 0 Å². The molecule has 0 unspecified atom stereocenters. The van der Waals surface area contributed by atoms with Gasteiger partial charge in [0, 0.05) is 29.9 Å². The van der Waals surface area contributed by atoms with E-state index in [1.54, 1.807) is 6.07 Å². The molecule has 0 amide bonds. The van der Waals surface area contributed by atoms with Crippen LogP contribution < -0.4 is 4.90 Å². The Hall–Kier alpha value is -1.06. The molecule has 1 aromatic carbocycles. The number of benzene rings is 1. The van der Waals surface area contributed by atoms with Crippen molar-refractivity contribution in [3.05, 3.63) is 28.8 Å². The average Bonchev–Trinajstić information content (AvgIpc) is 2.28. The second-order valence-electron chi connectivity index (χ2n) is 4.40. The second kappa shape index (κ2) is 6.62. The summed E-state index contributed by atoms with van der Waals surface area (Å²) in [5.74, 6) is 0. The van der Waals surface area contributed by atoms with Crippen molar-refractivity contribution in [2.45, 2.75) is 6.42 Å². The Balaban J connectivity index is 2.68. The molecule has 4 heteroatoms. The molecular formula is C13H19ClN2O. The maximum Gasteiger partial charge on any atom is 0.152 e. The van der Waals surface area contributed by atoms with Crippen LogP contribution in [-0.2, 0) is 0 Å². The summed E-state index contributed by atoms with van der Waals surface area (Å²) < 4.78 is 0. The maximum absolute atomic E-state index is 11.0. The van der Waals surface area contributed by atoms with Crippen molar-refractivity contribution >= 4 is 23.6 Å². The van der Waals surface area contributed by atoms with Crippen molar-refractivity contribution in [1.82, 2.24) is 4.90 Å². The largest absolute Gasteiger partial charge is 0.374 e. The lowest BCUT2D eigenvalue weighted by Gasteiger charge is -2.22. The lowest BCUT2D eigenvalue weighted by Crippen LogP contribution is -2.24. The molecule has 0 heterocycles. The first-order chi connectivity index (χ1) is 8.04. The van der Waals surface area contributed by atoms with E-state index < -0.39 is 0 Å². The third-order valence-electron chi connectivity index (χ3n) is 2.63. The Bertz CT molecular complexity index is 380. The van der Waals surface area contributed by atoms with Gasteiger partial charge in [0.1, 0.15) is 0 Å². The Morgan fingerprint density at radius 1 is 1.24 bits per heavy atom. The Morgan fingerprint density at radius 3 is 2.53 bits per heavy atom. The van der Waals surface area contributed by atoms with Gasteiger partial charge in [0.15, 0.2) is 6.29 Å². The molecule has 0 radical (unpaired) electrons. The van der Waals surface area contributed by atoms with Crippen molar-refractivity contribution in [3.8, 4) is 0 Å². The van der Waals surface area contributed by atoms with E-state index in [0.29, 0.717) is 10.6 Å². The van der Waals surface area contributed by atoms with Gasteiger partial charge < -0.3 is 9.80 Å². The van der Waals surface area contributed by atoms with E-state index in [1.165, 1.54) is 0 Å². The fourth-order valence-corrected chi connectivity index (χ4v) is 1.89. The third kappa shape index (κ3) is 4.36. The van der Waals surface area contributed by atoms with Crippen LogP contribution in [0.25, 0.3) is 0 Å². The summed E-state index contributed by atoms with van der Waals surface area (Å²) in [6.45, 7) is 1.95. The highest BCUT2D eigenvalue weighted by Crippen LogP contribution is 2.22. The fourth-order valence-electron chi connectivity index (χ4n) is 1.71. The lowest BCUT2D eigenvalue weighted by molar-refractivity contribution is 0.112. The molecule has 3 nitrogen and oxygen atoms in total. The molecule has 0 atom stereocenters. The number of hydrogen-bond acceptors (Lipinski definition) is 3. The van der Waals surface area contributed by atoms with Gasteiger partial charge in [-0.15, -0.1) is 0 Å². The van der Waals surface area contributed by atoms with Gasteiger partial charge >= 0.3 is 0 Å². The summed E-state index contributed by atoms with van der Waals surface area (Å²) in [5.41, 5.74) is 1.58. The molecule has 0 aliphatic carbocycles. The lowest BCUT2D eigenvalue weighted by atomic mass is 10.1. The van der Waals surface area contributed by atoms with Crippen LogP contribution in [0.2, 0.25) is 5.02 Å². The van der Waals surface area contributed by atoms with Gasteiger partial charge in [-0.3, -0.25) is 4.79 Å². The van der Waals surface area contributed by atoms with Gasteiger partial charge in [0.05, 0.1) is 0 Å². The predicted molar refractivity (Wildman–Crippen MR) is 73.3 cm³/mol. The van der Waals surface area contributed by atoms with Gasteiger partial charge in [-0.2, -0.15) is 0 Å². The van der Waals surface area contributed by atoms with Crippen LogP contribution in [0, 0.1) is 0 Å². The van der Waals surface area contributed by atoms with Gasteiger partial charge in [-0.25, -0.2) is 0 Å². The second-order valence-corrected chi connectivity index (χ2v) is 4.84. The SMILES string of the molecule is CN(C)CCCN(C)c1ccc(Cl)cc1C=O. The number of aldehydes is 1. The molecular weight excluding hydrogens is 236 g/mol. The number of halogens is 1. The van der Waals surface area contributed by atoms with E-state index in [2.05, 4.69) is 23.9 Å². The highest BCUT2D eigenvalue weighted by Gasteiger charge is 2.07. The van der Waals surface area contributed by atoms with Crippen LogP contribution in [0.1, 0.15) is 16.8 Å². The molecule has 0 aliphatic rings. The molecule has 0 N–H and O–H groups in total. The minimum absolute atomic E-state index is 0.595. The summed E-state index contributed by atoms with van der Waals surface area (Å²) in [7, 11) is 6.10. The molecule has 0 aliphatic heterocycles. The van der Waals surface area contributed by atoms with Crippen LogP contribution in [0.4, 0.5) is 5.69 Å². The van der Waals surface area contributed by atoms with Crippen molar-refractivity contribution in [2.75, 3.05) is 39.1 Å². The number of carbonyl (C=O) groups is 1. The van der Waals surface area contributed by atoms with Gasteiger partial charge in [0.25, 0.3) is 0 Å². The molecule has 0 saturated heterocycles.